The molecule has 0 atom stereocenters. The van der Waals surface area contributed by atoms with Crippen LogP contribution in [-0.4, -0.2) is 9.97 Å². The predicted molar refractivity (Wildman–Crippen MR) is 69.8 cm³/mol. The average Bonchev–Trinajstić information content (AvgIpc) is 2.41. The highest BCUT2D eigenvalue weighted by Crippen LogP contribution is 2.28. The van der Waals surface area contributed by atoms with Gasteiger partial charge in [-0.15, -0.1) is 0 Å². The number of fused-ring (bicyclic) bond motifs is 1. The van der Waals surface area contributed by atoms with Crippen LogP contribution in [0.5, 0.6) is 0 Å². The zero-order chi connectivity index (χ0) is 15.1. The molecule has 0 saturated heterocycles. The molecule has 0 aliphatic carbocycles. The lowest BCUT2D eigenvalue weighted by molar-refractivity contribution is 0.510. The van der Waals surface area contributed by atoms with E-state index in [-0.39, 0.29) is 27.4 Å². The highest BCUT2D eigenvalue weighted by Gasteiger charge is 2.14. The van der Waals surface area contributed by atoms with Crippen LogP contribution in [-0.2, 0) is 0 Å². The zero-order valence-electron chi connectivity index (χ0n) is 10.2. The minimum Gasteiger partial charge on any atom is -0.228 e. The highest BCUT2D eigenvalue weighted by molar-refractivity contribution is 6.34. The Labute approximate surface area is 121 Å². The van der Waals surface area contributed by atoms with E-state index in [0.717, 1.165) is 24.3 Å². The van der Waals surface area contributed by atoms with Gasteiger partial charge in [-0.25, -0.2) is 27.5 Å². The molecule has 2 nitrogen and oxygen atoms in total. The average molecular weight is 313 g/mol. The third-order valence-corrected chi connectivity index (χ3v) is 3.15. The zero-order valence-corrected chi connectivity index (χ0v) is 10.9. The molecule has 0 saturated carbocycles. The Morgan fingerprint density at radius 3 is 2.24 bits per heavy atom. The number of benzene rings is 2. The van der Waals surface area contributed by atoms with Gasteiger partial charge in [-0.3, -0.25) is 0 Å². The first-order chi connectivity index (χ1) is 9.95. The Hall–Kier alpha value is -2.21. The van der Waals surface area contributed by atoms with Crippen LogP contribution < -0.4 is 0 Å². The summed E-state index contributed by atoms with van der Waals surface area (Å²) >= 11 is 5.88. The summed E-state index contributed by atoms with van der Waals surface area (Å²) in [6.45, 7) is 0. The van der Waals surface area contributed by atoms with E-state index in [4.69, 9.17) is 11.6 Å². The van der Waals surface area contributed by atoms with E-state index in [1.54, 1.807) is 0 Å². The number of halogens is 5. The molecule has 1 aromatic heterocycles. The fraction of sp³-hybridized carbons (Fsp3) is 0. The summed E-state index contributed by atoms with van der Waals surface area (Å²) in [6.07, 6.45) is 0. The number of rotatable bonds is 1. The second kappa shape index (κ2) is 4.96. The van der Waals surface area contributed by atoms with Crippen molar-refractivity contribution in [3.63, 3.8) is 0 Å². The van der Waals surface area contributed by atoms with Gasteiger partial charge in [0.1, 0.15) is 16.8 Å². The van der Waals surface area contributed by atoms with Gasteiger partial charge < -0.3 is 0 Å². The Morgan fingerprint density at radius 1 is 0.810 bits per heavy atom. The van der Waals surface area contributed by atoms with Crippen molar-refractivity contribution >= 4 is 22.5 Å². The Morgan fingerprint density at radius 2 is 1.52 bits per heavy atom. The Balaban J connectivity index is 2.27. The lowest BCUT2D eigenvalue weighted by Crippen LogP contribution is -1.96. The number of hydrogen-bond donors (Lipinski definition) is 0. The van der Waals surface area contributed by atoms with E-state index >= 15 is 0 Å². The van der Waals surface area contributed by atoms with Crippen LogP contribution in [0.2, 0.25) is 5.15 Å². The first-order valence-corrected chi connectivity index (χ1v) is 6.11. The SMILES string of the molecule is Fc1ccc(-c2nc(Cl)c3cc(F)c(F)cc3n2)c(F)c1. The summed E-state index contributed by atoms with van der Waals surface area (Å²) in [4.78, 5) is 7.77. The van der Waals surface area contributed by atoms with E-state index in [9.17, 15) is 17.6 Å². The van der Waals surface area contributed by atoms with Gasteiger partial charge in [0.15, 0.2) is 17.5 Å². The molecule has 1 heterocycles. The van der Waals surface area contributed by atoms with Crippen LogP contribution >= 0.6 is 11.6 Å². The summed E-state index contributed by atoms with van der Waals surface area (Å²) in [5.41, 5.74) is -0.0717. The Bertz CT molecular complexity index is 867. The third kappa shape index (κ3) is 2.42. The normalized spacial score (nSPS) is 11.1. The monoisotopic (exact) mass is 312 g/mol. The summed E-state index contributed by atoms with van der Waals surface area (Å²) in [5, 5.41) is -0.0561. The largest absolute Gasteiger partial charge is 0.228 e. The minimum absolute atomic E-state index is 0.0209. The van der Waals surface area contributed by atoms with E-state index in [1.807, 2.05) is 0 Å². The number of hydrogen-bond acceptors (Lipinski definition) is 2. The standard InChI is InChI=1S/C14H5ClF4N2/c15-13-8-4-10(18)11(19)5-12(8)20-14(21-13)7-2-1-6(16)3-9(7)17/h1-5H. The second-order valence-electron chi connectivity index (χ2n) is 4.25. The topological polar surface area (TPSA) is 25.8 Å². The number of aromatic nitrogens is 2. The van der Waals surface area contributed by atoms with Gasteiger partial charge in [0.2, 0.25) is 0 Å². The molecule has 0 unspecified atom stereocenters. The van der Waals surface area contributed by atoms with E-state index in [0.29, 0.717) is 6.07 Å². The molecule has 0 amide bonds. The van der Waals surface area contributed by atoms with Gasteiger partial charge in [-0.05, 0) is 18.2 Å². The van der Waals surface area contributed by atoms with Gasteiger partial charge in [-0.1, -0.05) is 11.6 Å². The molecule has 106 valence electrons. The molecule has 0 aliphatic heterocycles. The van der Waals surface area contributed by atoms with Crippen molar-refractivity contribution in [1.29, 1.82) is 0 Å². The molecule has 21 heavy (non-hydrogen) atoms. The van der Waals surface area contributed by atoms with E-state index in [2.05, 4.69) is 9.97 Å². The quantitative estimate of drug-likeness (QED) is 0.488. The maximum Gasteiger partial charge on any atom is 0.164 e. The summed E-state index contributed by atoms with van der Waals surface area (Å²) in [6, 6.07) is 4.54. The van der Waals surface area contributed by atoms with Crippen LogP contribution in [0.1, 0.15) is 0 Å². The van der Waals surface area contributed by atoms with Crippen LogP contribution in [0.3, 0.4) is 0 Å². The fourth-order valence-corrected chi connectivity index (χ4v) is 2.11. The van der Waals surface area contributed by atoms with E-state index < -0.39 is 23.3 Å². The van der Waals surface area contributed by atoms with Crippen molar-refractivity contribution in [3.05, 3.63) is 58.8 Å². The van der Waals surface area contributed by atoms with Crippen molar-refractivity contribution < 1.29 is 17.6 Å². The smallest absolute Gasteiger partial charge is 0.164 e. The molecule has 0 bridgehead atoms. The Kier molecular flexibility index (Phi) is 3.25. The minimum atomic E-state index is -1.11. The maximum atomic E-state index is 13.7. The van der Waals surface area contributed by atoms with Crippen LogP contribution in [0.15, 0.2) is 30.3 Å². The summed E-state index contributed by atoms with van der Waals surface area (Å²) in [7, 11) is 0. The third-order valence-electron chi connectivity index (χ3n) is 2.86. The van der Waals surface area contributed by atoms with Gasteiger partial charge in [-0.2, -0.15) is 0 Å². The molecule has 0 aliphatic rings. The van der Waals surface area contributed by atoms with Gasteiger partial charge in [0.05, 0.1) is 11.1 Å². The van der Waals surface area contributed by atoms with Crippen molar-refractivity contribution in [2.45, 2.75) is 0 Å². The first-order valence-electron chi connectivity index (χ1n) is 5.73. The van der Waals surface area contributed by atoms with Crippen molar-refractivity contribution in [2.75, 3.05) is 0 Å². The molecular weight excluding hydrogens is 308 g/mol. The van der Waals surface area contributed by atoms with Crippen molar-refractivity contribution in [1.82, 2.24) is 9.97 Å². The lowest BCUT2D eigenvalue weighted by Gasteiger charge is -2.06. The fourth-order valence-electron chi connectivity index (χ4n) is 1.88. The summed E-state index contributed by atoms with van der Waals surface area (Å²) in [5.74, 6) is -3.98. The van der Waals surface area contributed by atoms with Crippen LogP contribution in [0, 0.1) is 23.3 Å². The maximum absolute atomic E-state index is 13.7. The molecule has 2 aromatic carbocycles. The lowest BCUT2D eigenvalue weighted by atomic mass is 10.1. The van der Waals surface area contributed by atoms with Crippen LogP contribution in [0.4, 0.5) is 17.6 Å². The van der Waals surface area contributed by atoms with Crippen molar-refractivity contribution in [2.24, 2.45) is 0 Å². The molecule has 0 N–H and O–H groups in total. The van der Waals surface area contributed by atoms with Crippen LogP contribution in [0.25, 0.3) is 22.3 Å². The molecule has 3 rings (SSSR count). The molecule has 7 heteroatoms. The van der Waals surface area contributed by atoms with Gasteiger partial charge >= 0.3 is 0 Å². The second-order valence-corrected chi connectivity index (χ2v) is 4.60. The van der Waals surface area contributed by atoms with Crippen molar-refractivity contribution in [3.8, 4) is 11.4 Å². The highest BCUT2D eigenvalue weighted by atomic mass is 35.5. The first kappa shape index (κ1) is 13.8. The summed E-state index contributed by atoms with van der Waals surface area (Å²) < 4.78 is 53.0. The molecule has 3 aromatic rings. The van der Waals surface area contributed by atoms with Gasteiger partial charge in [0, 0.05) is 17.5 Å². The molecule has 0 radical (unpaired) electrons. The predicted octanol–water partition coefficient (Wildman–Crippen LogP) is 4.51. The molecule has 0 fully saturated rings. The molecule has 0 spiro atoms. The van der Waals surface area contributed by atoms with E-state index in [1.165, 1.54) is 0 Å². The van der Waals surface area contributed by atoms with Gasteiger partial charge in [0.25, 0.3) is 0 Å². The molecular formula is C14H5ClF4N2. The number of nitrogens with zero attached hydrogens (tertiary/aromatic N) is 2.